The highest BCUT2D eigenvalue weighted by atomic mass is 16.8. The van der Waals surface area contributed by atoms with E-state index in [1.807, 2.05) is 24.3 Å². The molecule has 0 saturated carbocycles. The third-order valence-electron chi connectivity index (χ3n) is 2.86. The highest BCUT2D eigenvalue weighted by molar-refractivity contribution is 5.60. The summed E-state index contributed by atoms with van der Waals surface area (Å²) in [5.74, 6) is 0.0365. The molecule has 1 aliphatic heterocycles. The quantitative estimate of drug-likeness (QED) is 0.593. The minimum absolute atomic E-state index is 0.429. The van der Waals surface area contributed by atoms with Crippen LogP contribution in [0.5, 0.6) is 5.75 Å². The number of methoxy groups -OCH3 is 2. The maximum absolute atomic E-state index is 11.0. The Bertz CT molecular complexity index is 408. The molecule has 1 atom stereocenters. The van der Waals surface area contributed by atoms with Crippen LogP contribution >= 0.6 is 0 Å². The Kier molecular flexibility index (Phi) is 3.72. The molecule has 0 aliphatic carbocycles. The summed E-state index contributed by atoms with van der Waals surface area (Å²) in [6.07, 6.45) is 0.678. The molecule has 1 unspecified atom stereocenters. The van der Waals surface area contributed by atoms with Gasteiger partial charge < -0.3 is 18.9 Å². The summed E-state index contributed by atoms with van der Waals surface area (Å²) in [7, 11) is 2.91. The van der Waals surface area contributed by atoms with Crippen LogP contribution in [0.3, 0.4) is 0 Å². The van der Waals surface area contributed by atoms with E-state index < -0.39 is 11.9 Å². The van der Waals surface area contributed by atoms with E-state index in [1.54, 1.807) is 7.11 Å². The normalized spacial score (nSPS) is 21.2. The lowest BCUT2D eigenvalue weighted by molar-refractivity contribution is -0.0310. The molecule has 0 aromatic heterocycles. The Labute approximate surface area is 106 Å². The van der Waals surface area contributed by atoms with Gasteiger partial charge in [-0.2, -0.15) is 0 Å². The van der Waals surface area contributed by atoms with Crippen LogP contribution in [-0.4, -0.2) is 32.8 Å². The second-order valence-electron chi connectivity index (χ2n) is 4.10. The van der Waals surface area contributed by atoms with Gasteiger partial charge in [-0.25, -0.2) is 4.79 Å². The van der Waals surface area contributed by atoms with E-state index in [0.29, 0.717) is 13.0 Å². The number of rotatable bonds is 5. The zero-order valence-corrected chi connectivity index (χ0v) is 10.5. The molecule has 5 nitrogen and oxygen atoms in total. The van der Waals surface area contributed by atoms with Gasteiger partial charge in [-0.05, 0) is 24.1 Å². The van der Waals surface area contributed by atoms with Gasteiger partial charge in [-0.3, -0.25) is 0 Å². The van der Waals surface area contributed by atoms with Crippen LogP contribution in [0, 0.1) is 0 Å². The maximum atomic E-state index is 11.0. The predicted molar refractivity (Wildman–Crippen MR) is 63.5 cm³/mol. The van der Waals surface area contributed by atoms with E-state index in [-0.39, 0.29) is 0 Å². The van der Waals surface area contributed by atoms with E-state index in [2.05, 4.69) is 4.74 Å². The Morgan fingerprint density at radius 1 is 1.33 bits per heavy atom. The number of benzene rings is 1. The molecular formula is C13H16O5. The monoisotopic (exact) mass is 252 g/mol. The molecular weight excluding hydrogens is 236 g/mol. The van der Waals surface area contributed by atoms with Crippen LogP contribution < -0.4 is 4.74 Å². The Balaban J connectivity index is 1.85. The van der Waals surface area contributed by atoms with Crippen LogP contribution in [0.4, 0.5) is 4.79 Å². The number of ether oxygens (including phenoxy) is 4. The lowest BCUT2D eigenvalue weighted by Crippen LogP contribution is -2.22. The van der Waals surface area contributed by atoms with E-state index in [0.717, 1.165) is 17.7 Å². The second kappa shape index (κ2) is 5.27. The summed E-state index contributed by atoms with van der Waals surface area (Å²) in [6.45, 7) is 0.429. The number of epoxide rings is 1. The number of hydrogen-bond donors (Lipinski definition) is 0. The van der Waals surface area contributed by atoms with Gasteiger partial charge in [0.25, 0.3) is 0 Å². The Morgan fingerprint density at radius 3 is 2.50 bits per heavy atom. The van der Waals surface area contributed by atoms with E-state index in [9.17, 15) is 4.79 Å². The van der Waals surface area contributed by atoms with Crippen molar-refractivity contribution in [2.75, 3.05) is 20.8 Å². The summed E-state index contributed by atoms with van der Waals surface area (Å²) in [5.41, 5.74) is 1.14. The van der Waals surface area contributed by atoms with Gasteiger partial charge in [0.1, 0.15) is 12.4 Å². The molecule has 0 spiro atoms. The molecule has 18 heavy (non-hydrogen) atoms. The molecule has 1 saturated heterocycles. The van der Waals surface area contributed by atoms with E-state index in [4.69, 9.17) is 14.2 Å². The minimum atomic E-state index is -0.785. The van der Waals surface area contributed by atoms with Crippen LogP contribution in [0.15, 0.2) is 24.3 Å². The highest BCUT2D eigenvalue weighted by Crippen LogP contribution is 2.34. The average Bonchev–Trinajstić information content (AvgIpc) is 3.17. The van der Waals surface area contributed by atoms with E-state index in [1.165, 1.54) is 7.11 Å². The smallest absolute Gasteiger partial charge is 0.497 e. The molecule has 0 N–H and O–H groups in total. The molecule has 2 rings (SSSR count). The Hall–Kier alpha value is -1.75. The van der Waals surface area contributed by atoms with Gasteiger partial charge in [0.2, 0.25) is 5.79 Å². The zero-order valence-electron chi connectivity index (χ0n) is 10.5. The van der Waals surface area contributed by atoms with Crippen molar-refractivity contribution in [1.82, 2.24) is 0 Å². The molecule has 1 aliphatic rings. The van der Waals surface area contributed by atoms with Crippen LogP contribution in [0.1, 0.15) is 12.0 Å². The minimum Gasteiger partial charge on any atom is -0.497 e. The summed E-state index contributed by atoms with van der Waals surface area (Å²) >= 11 is 0. The molecule has 0 bridgehead atoms. The molecule has 1 fully saturated rings. The van der Waals surface area contributed by atoms with Crippen LogP contribution in [0.2, 0.25) is 0 Å². The highest BCUT2D eigenvalue weighted by Gasteiger charge is 2.49. The fraction of sp³-hybridized carbons (Fsp3) is 0.462. The van der Waals surface area contributed by atoms with Crippen molar-refractivity contribution in [2.24, 2.45) is 0 Å². The molecule has 1 aromatic carbocycles. The molecule has 98 valence electrons. The number of hydrogen-bond acceptors (Lipinski definition) is 5. The molecule has 5 heteroatoms. The van der Waals surface area contributed by atoms with Gasteiger partial charge in [0.05, 0.1) is 14.2 Å². The lowest BCUT2D eigenvalue weighted by Gasteiger charge is -2.12. The van der Waals surface area contributed by atoms with Crippen molar-refractivity contribution < 1.29 is 23.7 Å². The van der Waals surface area contributed by atoms with Gasteiger partial charge in [0, 0.05) is 6.42 Å². The van der Waals surface area contributed by atoms with Crippen molar-refractivity contribution >= 4 is 6.16 Å². The lowest BCUT2D eigenvalue weighted by atomic mass is 10.1. The third-order valence-corrected chi connectivity index (χ3v) is 2.86. The first kappa shape index (κ1) is 12.7. The molecule has 0 amide bonds. The number of carbonyl (C=O) groups excluding carboxylic acids is 1. The van der Waals surface area contributed by atoms with Crippen molar-refractivity contribution in [3.63, 3.8) is 0 Å². The maximum Gasteiger partial charge on any atom is 0.510 e. The summed E-state index contributed by atoms with van der Waals surface area (Å²) in [6, 6.07) is 7.76. The topological polar surface area (TPSA) is 57.3 Å². The number of carbonyl (C=O) groups is 1. The van der Waals surface area contributed by atoms with Crippen molar-refractivity contribution in [3.05, 3.63) is 29.8 Å². The summed E-state index contributed by atoms with van der Waals surface area (Å²) in [4.78, 5) is 11.0. The number of aryl methyl sites for hydroxylation is 1. The van der Waals surface area contributed by atoms with Gasteiger partial charge in [-0.1, -0.05) is 12.1 Å². The third kappa shape index (κ3) is 3.13. The van der Waals surface area contributed by atoms with Crippen LogP contribution in [0.25, 0.3) is 0 Å². The fourth-order valence-electron chi connectivity index (χ4n) is 1.66. The summed E-state index contributed by atoms with van der Waals surface area (Å²) < 4.78 is 19.8. The van der Waals surface area contributed by atoms with Crippen molar-refractivity contribution in [1.29, 1.82) is 0 Å². The zero-order chi connectivity index (χ0) is 13.0. The van der Waals surface area contributed by atoms with E-state index >= 15 is 0 Å². The first-order valence-electron chi connectivity index (χ1n) is 5.71. The first-order valence-corrected chi connectivity index (χ1v) is 5.71. The largest absolute Gasteiger partial charge is 0.510 e. The molecule has 1 heterocycles. The summed E-state index contributed by atoms with van der Waals surface area (Å²) in [5, 5.41) is 0. The molecule has 1 aromatic rings. The van der Waals surface area contributed by atoms with Crippen molar-refractivity contribution in [2.45, 2.75) is 18.6 Å². The molecule has 0 radical (unpaired) electrons. The van der Waals surface area contributed by atoms with Gasteiger partial charge in [-0.15, -0.1) is 0 Å². The average molecular weight is 252 g/mol. The standard InChI is InChI=1S/C13H16O5/c1-15-11-5-3-10(4-6-11)7-8-13(9-17-13)18-12(14)16-2/h3-6H,7-9H2,1-2H3. The predicted octanol–water partition coefficient (Wildman–Crippen LogP) is 2.14. The van der Waals surface area contributed by atoms with Crippen molar-refractivity contribution in [3.8, 4) is 5.75 Å². The SMILES string of the molecule is COC(=O)OC1(CCc2ccc(OC)cc2)CO1. The Morgan fingerprint density at radius 2 is 2.00 bits per heavy atom. The second-order valence-corrected chi connectivity index (χ2v) is 4.10. The van der Waals surface area contributed by atoms with Gasteiger partial charge in [0.15, 0.2) is 0 Å². The van der Waals surface area contributed by atoms with Gasteiger partial charge >= 0.3 is 6.16 Å². The van der Waals surface area contributed by atoms with Crippen LogP contribution in [-0.2, 0) is 20.6 Å². The first-order chi connectivity index (χ1) is 8.67. The fourth-order valence-corrected chi connectivity index (χ4v) is 1.66.